The summed E-state index contributed by atoms with van der Waals surface area (Å²) in [6, 6.07) is 5.26. The second kappa shape index (κ2) is 5.24. The fourth-order valence-corrected chi connectivity index (χ4v) is 3.10. The van der Waals surface area contributed by atoms with E-state index in [1.54, 1.807) is 26.2 Å². The second-order valence-electron chi connectivity index (χ2n) is 5.83. The molecule has 0 amide bonds. The molecule has 1 aromatic rings. The van der Waals surface area contributed by atoms with Gasteiger partial charge in [0, 0.05) is 11.5 Å². The minimum absolute atomic E-state index is 0.0178. The predicted molar refractivity (Wildman–Crippen MR) is 74.6 cm³/mol. The molecule has 1 N–H and O–H groups in total. The van der Waals surface area contributed by atoms with Crippen LogP contribution in [0, 0.1) is 5.92 Å². The second-order valence-corrected chi connectivity index (χ2v) is 5.83. The molecule has 1 aliphatic rings. The lowest BCUT2D eigenvalue weighted by molar-refractivity contribution is -0.121. The molecule has 0 unspecified atom stereocenters. The minimum atomic E-state index is -0.0178. The Morgan fingerprint density at radius 3 is 2.53 bits per heavy atom. The fraction of sp³-hybridized carbons (Fsp3) is 0.562. The number of aromatic hydroxyl groups is 1. The molecule has 1 aliphatic carbocycles. The summed E-state index contributed by atoms with van der Waals surface area (Å²) >= 11 is 0. The Kier molecular flexibility index (Phi) is 3.83. The third-order valence-corrected chi connectivity index (χ3v) is 4.50. The third-order valence-electron chi connectivity index (χ3n) is 4.50. The molecule has 0 bridgehead atoms. The summed E-state index contributed by atoms with van der Waals surface area (Å²) in [5.41, 5.74) is 1.03. The van der Waals surface area contributed by atoms with Crippen LogP contribution in [-0.4, -0.2) is 18.0 Å². The Hall–Kier alpha value is -1.51. The molecular weight excluding hydrogens is 240 g/mol. The van der Waals surface area contributed by atoms with E-state index in [2.05, 4.69) is 6.92 Å². The first-order valence-corrected chi connectivity index (χ1v) is 6.84. The van der Waals surface area contributed by atoms with Crippen LogP contribution in [0.2, 0.25) is 0 Å². The van der Waals surface area contributed by atoms with Gasteiger partial charge in [0.25, 0.3) is 0 Å². The predicted octanol–water partition coefficient (Wildman–Crippen LogP) is 3.44. The number of carbonyl (C=O) groups is 1. The van der Waals surface area contributed by atoms with E-state index in [9.17, 15) is 9.90 Å². The summed E-state index contributed by atoms with van der Waals surface area (Å²) in [4.78, 5) is 11.5. The van der Waals surface area contributed by atoms with Crippen LogP contribution >= 0.6 is 0 Å². The van der Waals surface area contributed by atoms with Gasteiger partial charge in [0.2, 0.25) is 0 Å². The summed E-state index contributed by atoms with van der Waals surface area (Å²) in [5.74, 6) is 1.59. The number of hydrogen-bond donors (Lipinski definition) is 1. The van der Waals surface area contributed by atoms with Crippen molar-refractivity contribution in [3.05, 3.63) is 23.8 Å². The molecule has 0 aromatic heterocycles. The number of phenols is 1. The lowest BCUT2D eigenvalue weighted by Crippen LogP contribution is -2.31. The van der Waals surface area contributed by atoms with Crippen LogP contribution in [-0.2, 0) is 10.2 Å². The highest BCUT2D eigenvalue weighted by atomic mass is 16.5. The zero-order valence-corrected chi connectivity index (χ0v) is 11.9. The van der Waals surface area contributed by atoms with E-state index >= 15 is 0 Å². The van der Waals surface area contributed by atoms with E-state index in [0.29, 0.717) is 5.78 Å². The number of hydrogen-bond acceptors (Lipinski definition) is 3. The van der Waals surface area contributed by atoms with Crippen molar-refractivity contribution in [3.63, 3.8) is 0 Å². The number of ketones is 1. The summed E-state index contributed by atoms with van der Waals surface area (Å²) in [6.07, 6.45) is 3.75. The molecule has 1 fully saturated rings. The van der Waals surface area contributed by atoms with Crippen LogP contribution in [0.3, 0.4) is 0 Å². The van der Waals surface area contributed by atoms with Crippen molar-refractivity contribution in [1.82, 2.24) is 0 Å². The molecule has 0 spiro atoms. The summed E-state index contributed by atoms with van der Waals surface area (Å²) in [6.45, 7) is 3.88. The number of phenolic OH excluding ortho intramolecular Hbond substituents is 1. The Bertz CT molecular complexity index is 471. The van der Waals surface area contributed by atoms with Gasteiger partial charge in [-0.2, -0.15) is 0 Å². The molecule has 104 valence electrons. The van der Waals surface area contributed by atoms with Gasteiger partial charge in [-0.05, 0) is 56.2 Å². The van der Waals surface area contributed by atoms with Crippen LogP contribution in [0.4, 0.5) is 0 Å². The first-order valence-electron chi connectivity index (χ1n) is 6.84. The molecule has 0 heterocycles. The molecule has 2 rings (SSSR count). The number of methoxy groups -OCH3 is 1. The van der Waals surface area contributed by atoms with Crippen molar-refractivity contribution in [1.29, 1.82) is 0 Å². The van der Waals surface area contributed by atoms with Crippen LogP contribution in [0.1, 0.15) is 45.1 Å². The molecule has 0 saturated heterocycles. The van der Waals surface area contributed by atoms with E-state index < -0.39 is 0 Å². The highest BCUT2D eigenvalue weighted by Crippen LogP contribution is 2.45. The highest BCUT2D eigenvalue weighted by molar-refractivity contribution is 5.78. The molecule has 1 aromatic carbocycles. The Morgan fingerprint density at radius 1 is 1.37 bits per heavy atom. The van der Waals surface area contributed by atoms with Gasteiger partial charge < -0.3 is 9.84 Å². The van der Waals surface area contributed by atoms with Crippen LogP contribution in [0.5, 0.6) is 11.5 Å². The lowest BCUT2D eigenvalue weighted by atomic mass is 9.67. The zero-order chi connectivity index (χ0) is 14.0. The number of benzene rings is 1. The van der Waals surface area contributed by atoms with Gasteiger partial charge in [0.1, 0.15) is 17.3 Å². The zero-order valence-electron chi connectivity index (χ0n) is 11.9. The normalized spacial score (nSPS) is 27.0. The van der Waals surface area contributed by atoms with Gasteiger partial charge in [0.05, 0.1) is 7.11 Å². The molecule has 19 heavy (non-hydrogen) atoms. The van der Waals surface area contributed by atoms with E-state index in [4.69, 9.17) is 4.74 Å². The largest absolute Gasteiger partial charge is 0.508 e. The van der Waals surface area contributed by atoms with E-state index in [0.717, 1.165) is 37.0 Å². The molecule has 3 heteroatoms. The fourth-order valence-electron chi connectivity index (χ4n) is 3.10. The maximum atomic E-state index is 11.5. The quantitative estimate of drug-likeness (QED) is 0.907. The first-order chi connectivity index (χ1) is 8.96. The summed E-state index contributed by atoms with van der Waals surface area (Å²) in [7, 11) is 1.65. The van der Waals surface area contributed by atoms with Crippen LogP contribution < -0.4 is 4.74 Å². The van der Waals surface area contributed by atoms with E-state index in [1.807, 2.05) is 6.07 Å². The number of rotatable bonds is 3. The number of ether oxygens (including phenoxy) is 1. The third kappa shape index (κ3) is 2.75. The van der Waals surface area contributed by atoms with Gasteiger partial charge in [-0.3, -0.25) is 4.79 Å². The molecule has 0 radical (unpaired) electrons. The van der Waals surface area contributed by atoms with E-state index in [-0.39, 0.29) is 17.1 Å². The first kappa shape index (κ1) is 13.9. The standard InChI is InChI=1S/C16H22O3/c1-11(17)12-6-8-16(2,9-7-12)14-10-13(18)4-5-15(14)19-3/h4-5,10,12,18H,6-9H2,1-3H3. The maximum absolute atomic E-state index is 11.5. The van der Waals surface area contributed by atoms with Gasteiger partial charge in [-0.1, -0.05) is 6.92 Å². The number of Topliss-reactive ketones (excluding diaryl/α,β-unsaturated/α-hetero) is 1. The van der Waals surface area contributed by atoms with E-state index in [1.165, 1.54) is 0 Å². The van der Waals surface area contributed by atoms with Crippen molar-refractivity contribution in [3.8, 4) is 11.5 Å². The molecule has 0 atom stereocenters. The SMILES string of the molecule is COc1ccc(O)cc1C1(C)CCC(C(C)=O)CC1. The van der Waals surface area contributed by atoms with Crippen molar-refractivity contribution in [2.24, 2.45) is 5.92 Å². The summed E-state index contributed by atoms with van der Waals surface area (Å²) in [5, 5.41) is 9.71. The lowest BCUT2D eigenvalue weighted by Gasteiger charge is -2.37. The van der Waals surface area contributed by atoms with Gasteiger partial charge >= 0.3 is 0 Å². The average molecular weight is 262 g/mol. The van der Waals surface area contributed by atoms with Crippen molar-refractivity contribution in [2.75, 3.05) is 7.11 Å². The molecule has 3 nitrogen and oxygen atoms in total. The van der Waals surface area contributed by atoms with Gasteiger partial charge in [-0.15, -0.1) is 0 Å². The highest BCUT2D eigenvalue weighted by Gasteiger charge is 2.36. The Balaban J connectivity index is 2.26. The molecule has 0 aliphatic heterocycles. The Morgan fingerprint density at radius 2 is 2.00 bits per heavy atom. The topological polar surface area (TPSA) is 46.5 Å². The van der Waals surface area contributed by atoms with Gasteiger partial charge in [0.15, 0.2) is 0 Å². The van der Waals surface area contributed by atoms with Crippen molar-refractivity contribution >= 4 is 5.78 Å². The smallest absolute Gasteiger partial charge is 0.132 e. The average Bonchev–Trinajstić information content (AvgIpc) is 2.39. The molecular formula is C16H22O3. The van der Waals surface area contributed by atoms with Crippen molar-refractivity contribution < 1.29 is 14.6 Å². The van der Waals surface area contributed by atoms with Crippen molar-refractivity contribution in [2.45, 2.75) is 44.9 Å². The van der Waals surface area contributed by atoms with Gasteiger partial charge in [-0.25, -0.2) is 0 Å². The Labute approximate surface area is 114 Å². The monoisotopic (exact) mass is 262 g/mol. The number of carbonyl (C=O) groups excluding carboxylic acids is 1. The van der Waals surface area contributed by atoms with Crippen LogP contribution in [0.25, 0.3) is 0 Å². The maximum Gasteiger partial charge on any atom is 0.132 e. The summed E-state index contributed by atoms with van der Waals surface area (Å²) < 4.78 is 5.42. The van der Waals surface area contributed by atoms with Crippen LogP contribution in [0.15, 0.2) is 18.2 Å². The minimum Gasteiger partial charge on any atom is -0.508 e. The molecule has 1 saturated carbocycles.